The number of aryl methyl sites for hydroxylation is 1. The molecule has 5 rings (SSSR count). The first-order chi connectivity index (χ1) is 16.5. The van der Waals surface area contributed by atoms with Gasteiger partial charge in [0.1, 0.15) is 0 Å². The van der Waals surface area contributed by atoms with Gasteiger partial charge in [-0.2, -0.15) is 0 Å². The summed E-state index contributed by atoms with van der Waals surface area (Å²) in [5, 5.41) is 0.952. The highest BCUT2D eigenvalue weighted by molar-refractivity contribution is 8.03. The summed E-state index contributed by atoms with van der Waals surface area (Å²) in [6.45, 7) is 3.41. The number of benzene rings is 2. The highest BCUT2D eigenvalue weighted by Crippen LogP contribution is 2.45. The molecule has 0 bridgehead atoms. The number of amides is 1. The number of hydrogen-bond donors (Lipinski definition) is 0. The number of para-hydroxylation sites is 1. The van der Waals surface area contributed by atoms with E-state index in [1.165, 1.54) is 0 Å². The largest absolute Gasteiger partial charge is 0.493 e. The number of aromatic nitrogens is 1. The summed E-state index contributed by atoms with van der Waals surface area (Å²) in [5.74, 6) is 2.19. The molecule has 1 fully saturated rings. The van der Waals surface area contributed by atoms with Crippen molar-refractivity contribution in [3.63, 3.8) is 0 Å². The van der Waals surface area contributed by atoms with Gasteiger partial charge >= 0.3 is 0 Å². The molecule has 2 aliphatic rings. The van der Waals surface area contributed by atoms with E-state index in [0.717, 1.165) is 50.5 Å². The molecule has 3 aromatic rings. The summed E-state index contributed by atoms with van der Waals surface area (Å²) in [6, 6.07) is 14.0. The monoisotopic (exact) mass is 494 g/mol. The van der Waals surface area contributed by atoms with E-state index in [-0.39, 0.29) is 11.3 Å². The smallest absolute Gasteiger partial charge is 0.260 e. The second kappa shape index (κ2) is 9.43. The van der Waals surface area contributed by atoms with Crippen LogP contribution in [-0.2, 0) is 13.0 Å². The molecule has 3 heterocycles. The summed E-state index contributed by atoms with van der Waals surface area (Å²) in [4.78, 5) is 17.0. The first-order valence-electron chi connectivity index (χ1n) is 11.4. The molecule has 2 aliphatic heterocycles. The minimum absolute atomic E-state index is 0.0142. The number of methoxy groups -OCH3 is 2. The molecule has 0 radical (unpaired) electrons. The maximum absolute atomic E-state index is 14.0. The Morgan fingerprint density at radius 1 is 1.15 bits per heavy atom. The predicted octanol–water partition coefficient (Wildman–Crippen LogP) is 5.87. The van der Waals surface area contributed by atoms with E-state index in [0.29, 0.717) is 24.5 Å². The lowest BCUT2D eigenvalue weighted by Crippen LogP contribution is -2.34. The van der Waals surface area contributed by atoms with Crippen LogP contribution in [0.1, 0.15) is 22.8 Å². The molecule has 1 saturated heterocycles. The molecule has 1 amide bonds. The quantitative estimate of drug-likeness (QED) is 0.402. The SMILES string of the molecule is CCn1cc(C(=O)N2CC=C3C(=C2Cc2ccc(OC)c(OC)c2)SCC3Cl)c2ccccc21. The van der Waals surface area contributed by atoms with E-state index >= 15 is 0 Å². The number of ether oxygens (including phenoxy) is 2. The van der Waals surface area contributed by atoms with Crippen LogP contribution in [0.25, 0.3) is 10.9 Å². The molecule has 1 atom stereocenters. The second-order valence-electron chi connectivity index (χ2n) is 8.34. The zero-order valence-corrected chi connectivity index (χ0v) is 21.1. The average Bonchev–Trinajstić information content (AvgIpc) is 3.44. The average molecular weight is 495 g/mol. The Hall–Kier alpha value is -2.83. The number of carbonyl (C=O) groups is 1. The fourth-order valence-electron chi connectivity index (χ4n) is 4.75. The van der Waals surface area contributed by atoms with Gasteiger partial charge in [0.05, 0.1) is 25.2 Å². The maximum atomic E-state index is 14.0. The number of carbonyl (C=O) groups excluding carboxylic acids is 1. The van der Waals surface area contributed by atoms with E-state index in [4.69, 9.17) is 21.1 Å². The Bertz CT molecular complexity index is 1330. The molecule has 0 N–H and O–H groups in total. The third-order valence-electron chi connectivity index (χ3n) is 6.48. The molecule has 0 saturated carbocycles. The lowest BCUT2D eigenvalue weighted by atomic mass is 10.0. The Morgan fingerprint density at radius 3 is 2.71 bits per heavy atom. The van der Waals surface area contributed by atoms with Crippen molar-refractivity contribution in [3.8, 4) is 11.5 Å². The number of allylic oxidation sites excluding steroid dienone is 2. The summed E-state index contributed by atoms with van der Waals surface area (Å²) in [5.41, 5.74) is 4.99. The second-order valence-corrected chi connectivity index (χ2v) is 9.90. The van der Waals surface area contributed by atoms with Crippen molar-refractivity contribution < 1.29 is 14.3 Å². The highest BCUT2D eigenvalue weighted by atomic mass is 35.5. The number of thioether (sulfide) groups is 1. The molecule has 5 nitrogen and oxygen atoms in total. The number of halogens is 1. The highest BCUT2D eigenvalue weighted by Gasteiger charge is 2.35. The van der Waals surface area contributed by atoms with Crippen molar-refractivity contribution in [2.45, 2.75) is 25.3 Å². The van der Waals surface area contributed by atoms with Gasteiger partial charge in [0.2, 0.25) is 0 Å². The maximum Gasteiger partial charge on any atom is 0.260 e. The van der Waals surface area contributed by atoms with Crippen molar-refractivity contribution in [1.82, 2.24) is 9.47 Å². The third kappa shape index (κ3) is 3.89. The summed E-state index contributed by atoms with van der Waals surface area (Å²) in [6.07, 6.45) is 4.70. The molecule has 176 valence electrons. The molecule has 34 heavy (non-hydrogen) atoms. The molecular formula is C27H27ClN2O3S. The first-order valence-corrected chi connectivity index (χ1v) is 12.8. The Balaban J connectivity index is 1.57. The van der Waals surface area contributed by atoms with Gasteiger partial charge in [0.25, 0.3) is 5.91 Å². The third-order valence-corrected chi connectivity index (χ3v) is 8.31. The van der Waals surface area contributed by atoms with Crippen LogP contribution in [0.4, 0.5) is 0 Å². The summed E-state index contributed by atoms with van der Waals surface area (Å²) >= 11 is 8.35. The molecule has 0 aliphatic carbocycles. The Kier molecular flexibility index (Phi) is 6.36. The molecule has 1 unspecified atom stereocenters. The van der Waals surface area contributed by atoms with Gasteiger partial charge in [-0.05, 0) is 36.3 Å². The molecular weight excluding hydrogens is 468 g/mol. The van der Waals surface area contributed by atoms with E-state index in [9.17, 15) is 4.79 Å². The number of nitrogens with zero attached hydrogens (tertiary/aromatic N) is 2. The zero-order valence-electron chi connectivity index (χ0n) is 19.5. The minimum Gasteiger partial charge on any atom is -0.493 e. The van der Waals surface area contributed by atoms with Gasteiger partial charge < -0.3 is 18.9 Å². The van der Waals surface area contributed by atoms with E-state index in [1.807, 2.05) is 47.5 Å². The predicted molar refractivity (Wildman–Crippen MR) is 139 cm³/mol. The fraction of sp³-hybridized carbons (Fsp3) is 0.296. The van der Waals surface area contributed by atoms with Crippen molar-refractivity contribution >= 4 is 40.2 Å². The van der Waals surface area contributed by atoms with Gasteiger partial charge in [0, 0.05) is 53.0 Å². The van der Waals surface area contributed by atoms with E-state index < -0.39 is 0 Å². The van der Waals surface area contributed by atoms with Crippen LogP contribution in [0.15, 0.2) is 70.9 Å². The van der Waals surface area contributed by atoms with Crippen LogP contribution in [0.5, 0.6) is 11.5 Å². The van der Waals surface area contributed by atoms with Gasteiger partial charge in [-0.15, -0.1) is 23.4 Å². The Labute approximate surface area is 209 Å². The number of fused-ring (bicyclic) bond motifs is 2. The van der Waals surface area contributed by atoms with Crippen LogP contribution in [0.3, 0.4) is 0 Å². The van der Waals surface area contributed by atoms with Crippen LogP contribution >= 0.6 is 23.4 Å². The molecule has 2 aromatic carbocycles. The minimum atomic E-state index is -0.0281. The van der Waals surface area contributed by atoms with Gasteiger partial charge in [-0.25, -0.2) is 0 Å². The molecule has 7 heteroatoms. The van der Waals surface area contributed by atoms with E-state index in [1.54, 1.807) is 26.0 Å². The van der Waals surface area contributed by atoms with Gasteiger partial charge in [0.15, 0.2) is 11.5 Å². The number of hydrogen-bond acceptors (Lipinski definition) is 4. The number of alkyl halides is 1. The van der Waals surface area contributed by atoms with Crippen molar-refractivity contribution in [2.75, 3.05) is 26.5 Å². The Morgan fingerprint density at radius 2 is 1.94 bits per heavy atom. The molecule has 0 spiro atoms. The van der Waals surface area contributed by atoms with Crippen LogP contribution in [-0.4, -0.2) is 47.3 Å². The van der Waals surface area contributed by atoms with Crippen LogP contribution in [0, 0.1) is 0 Å². The normalized spacial score (nSPS) is 17.7. The molecule has 1 aromatic heterocycles. The van der Waals surface area contributed by atoms with Crippen LogP contribution in [0.2, 0.25) is 0 Å². The lowest BCUT2D eigenvalue weighted by Gasteiger charge is -2.30. The van der Waals surface area contributed by atoms with Crippen LogP contribution < -0.4 is 9.47 Å². The summed E-state index contributed by atoms with van der Waals surface area (Å²) in [7, 11) is 3.26. The summed E-state index contributed by atoms with van der Waals surface area (Å²) < 4.78 is 13.0. The number of rotatable bonds is 6. The zero-order chi connectivity index (χ0) is 23.8. The van der Waals surface area contributed by atoms with Crippen molar-refractivity contribution in [3.05, 3.63) is 82.0 Å². The fourth-order valence-corrected chi connectivity index (χ4v) is 6.44. The standard InChI is InChI=1S/C27H27ClN2O3S/c1-4-29-15-20(18-7-5-6-8-22(18)29)27(31)30-12-11-19-21(28)16-34-26(19)23(30)13-17-9-10-24(32-2)25(14-17)33-3/h5-11,14-15,21H,4,12-13,16H2,1-3H3. The van der Waals surface area contributed by atoms with E-state index in [2.05, 4.69) is 23.6 Å². The van der Waals surface area contributed by atoms with Crippen molar-refractivity contribution in [2.24, 2.45) is 0 Å². The topological polar surface area (TPSA) is 43.7 Å². The first kappa shape index (κ1) is 22.9. The lowest BCUT2D eigenvalue weighted by molar-refractivity contribution is 0.0816. The van der Waals surface area contributed by atoms with Gasteiger partial charge in [-0.1, -0.05) is 30.3 Å². The van der Waals surface area contributed by atoms with Crippen molar-refractivity contribution in [1.29, 1.82) is 0 Å². The van der Waals surface area contributed by atoms with Gasteiger partial charge in [-0.3, -0.25) is 4.79 Å².